The summed E-state index contributed by atoms with van der Waals surface area (Å²) in [6, 6.07) is 11.4. The van der Waals surface area contributed by atoms with Gasteiger partial charge in [0.15, 0.2) is 0 Å². The lowest BCUT2D eigenvalue weighted by atomic mass is 10.0. The maximum atomic E-state index is 12.9. The van der Waals surface area contributed by atoms with Gasteiger partial charge in [0.25, 0.3) is 5.91 Å². The van der Waals surface area contributed by atoms with E-state index >= 15 is 0 Å². The third-order valence-electron chi connectivity index (χ3n) is 4.66. The molecule has 1 unspecified atom stereocenters. The van der Waals surface area contributed by atoms with Crippen molar-refractivity contribution in [1.29, 1.82) is 0 Å². The van der Waals surface area contributed by atoms with Crippen molar-refractivity contribution in [2.45, 2.75) is 26.8 Å². The lowest BCUT2D eigenvalue weighted by Crippen LogP contribution is -2.47. The first-order valence-electron chi connectivity index (χ1n) is 9.49. The summed E-state index contributed by atoms with van der Waals surface area (Å²) in [5.41, 5.74) is 2.74. The van der Waals surface area contributed by atoms with Crippen molar-refractivity contribution >= 4 is 17.5 Å². The molecule has 2 N–H and O–H groups in total. The first kappa shape index (κ1) is 21.0. The molecule has 1 aromatic heterocycles. The van der Waals surface area contributed by atoms with Gasteiger partial charge in [-0.15, -0.1) is 5.10 Å². The van der Waals surface area contributed by atoms with Crippen LogP contribution in [0, 0.1) is 12.8 Å². The van der Waals surface area contributed by atoms with Crippen LogP contribution in [0.3, 0.4) is 0 Å². The molecule has 3 aromatic rings. The molecule has 30 heavy (non-hydrogen) atoms. The van der Waals surface area contributed by atoms with E-state index in [-0.39, 0.29) is 17.7 Å². The van der Waals surface area contributed by atoms with E-state index in [4.69, 9.17) is 4.74 Å². The average Bonchev–Trinajstić information content (AvgIpc) is 3.27. The summed E-state index contributed by atoms with van der Waals surface area (Å²) in [6.45, 7) is 5.68. The molecule has 0 aliphatic heterocycles. The van der Waals surface area contributed by atoms with E-state index in [2.05, 4.69) is 26.2 Å². The Morgan fingerprint density at radius 1 is 1.10 bits per heavy atom. The van der Waals surface area contributed by atoms with Gasteiger partial charge in [-0.3, -0.25) is 9.59 Å². The van der Waals surface area contributed by atoms with Crippen molar-refractivity contribution in [2.75, 3.05) is 12.4 Å². The van der Waals surface area contributed by atoms with Gasteiger partial charge in [-0.2, -0.15) is 0 Å². The number of carbonyl (C=O) groups excluding carboxylic acids is 2. The number of hydrogen-bond acceptors (Lipinski definition) is 6. The Labute approximate surface area is 174 Å². The van der Waals surface area contributed by atoms with Crippen LogP contribution in [0.4, 0.5) is 5.69 Å². The number of carbonyl (C=O) groups is 2. The highest BCUT2D eigenvalue weighted by Gasteiger charge is 2.25. The zero-order valence-electron chi connectivity index (χ0n) is 17.3. The molecule has 9 nitrogen and oxygen atoms in total. The van der Waals surface area contributed by atoms with Crippen molar-refractivity contribution in [2.24, 2.45) is 5.92 Å². The quantitative estimate of drug-likeness (QED) is 0.621. The van der Waals surface area contributed by atoms with Crippen molar-refractivity contribution in [3.63, 3.8) is 0 Å². The molecule has 3 rings (SSSR count). The van der Waals surface area contributed by atoms with Gasteiger partial charge in [0, 0.05) is 11.3 Å². The molecule has 0 radical (unpaired) electrons. The van der Waals surface area contributed by atoms with Crippen LogP contribution in [0.2, 0.25) is 0 Å². The highest BCUT2D eigenvalue weighted by molar-refractivity contribution is 6.01. The smallest absolute Gasteiger partial charge is 0.251 e. The second kappa shape index (κ2) is 9.17. The van der Waals surface area contributed by atoms with Crippen molar-refractivity contribution in [3.05, 3.63) is 59.9 Å². The maximum Gasteiger partial charge on any atom is 0.251 e. The van der Waals surface area contributed by atoms with Crippen LogP contribution in [-0.2, 0) is 4.79 Å². The number of ether oxygens (including phenoxy) is 1. The molecular weight excluding hydrogens is 384 g/mol. The monoisotopic (exact) mass is 408 g/mol. The fourth-order valence-corrected chi connectivity index (χ4v) is 2.93. The summed E-state index contributed by atoms with van der Waals surface area (Å²) in [5.74, 6) is -0.0951. The number of amides is 2. The van der Waals surface area contributed by atoms with Gasteiger partial charge in [0.2, 0.25) is 5.91 Å². The number of aromatic nitrogens is 4. The van der Waals surface area contributed by atoms with E-state index in [1.807, 2.05) is 26.8 Å². The van der Waals surface area contributed by atoms with Crippen LogP contribution in [0.1, 0.15) is 29.8 Å². The molecule has 1 atom stereocenters. The summed E-state index contributed by atoms with van der Waals surface area (Å²) in [6.07, 6.45) is 1.49. The molecule has 1 heterocycles. The van der Waals surface area contributed by atoms with Crippen LogP contribution in [0.25, 0.3) is 5.69 Å². The van der Waals surface area contributed by atoms with E-state index in [0.717, 1.165) is 11.3 Å². The second-order valence-corrected chi connectivity index (χ2v) is 7.17. The van der Waals surface area contributed by atoms with Gasteiger partial charge < -0.3 is 15.4 Å². The van der Waals surface area contributed by atoms with Crippen LogP contribution >= 0.6 is 0 Å². The standard InChI is InChI=1S/C21H24N6O3/c1-13(2)19(24-20(28)15-6-9-17(30-4)10-7-15)21(29)23-16-8-5-14(3)18(11-16)27-12-22-25-26-27/h5-13,19H,1-4H3,(H,23,29)(H,24,28). The molecular formula is C21H24N6O3. The molecule has 0 saturated carbocycles. The maximum absolute atomic E-state index is 12.9. The number of tetrazole rings is 1. The topological polar surface area (TPSA) is 111 Å². The van der Waals surface area contributed by atoms with Crippen LogP contribution in [0.5, 0.6) is 5.75 Å². The number of nitrogens with zero attached hydrogens (tertiary/aromatic N) is 4. The average molecular weight is 408 g/mol. The van der Waals surface area contributed by atoms with E-state index in [1.54, 1.807) is 43.5 Å². The first-order valence-corrected chi connectivity index (χ1v) is 9.49. The normalized spacial score (nSPS) is 11.8. The molecule has 0 spiro atoms. The van der Waals surface area contributed by atoms with E-state index in [9.17, 15) is 9.59 Å². The molecule has 156 valence electrons. The molecule has 0 saturated heterocycles. The van der Waals surface area contributed by atoms with Crippen molar-refractivity contribution in [3.8, 4) is 11.4 Å². The van der Waals surface area contributed by atoms with Gasteiger partial charge in [-0.25, -0.2) is 4.68 Å². The van der Waals surface area contributed by atoms with Gasteiger partial charge in [-0.1, -0.05) is 19.9 Å². The van der Waals surface area contributed by atoms with E-state index in [1.165, 1.54) is 11.0 Å². The van der Waals surface area contributed by atoms with Crippen LogP contribution < -0.4 is 15.4 Å². The molecule has 0 fully saturated rings. The van der Waals surface area contributed by atoms with Crippen LogP contribution in [0.15, 0.2) is 48.8 Å². The number of aryl methyl sites for hydroxylation is 1. The Hall–Kier alpha value is -3.75. The SMILES string of the molecule is COc1ccc(C(=O)NC(C(=O)Nc2ccc(C)c(-n3cnnn3)c2)C(C)C)cc1. The Balaban J connectivity index is 1.74. The number of methoxy groups -OCH3 is 1. The number of benzene rings is 2. The molecule has 2 amide bonds. The number of nitrogens with one attached hydrogen (secondary N) is 2. The minimum Gasteiger partial charge on any atom is -0.497 e. The summed E-state index contributed by atoms with van der Waals surface area (Å²) < 4.78 is 6.63. The second-order valence-electron chi connectivity index (χ2n) is 7.17. The minimum atomic E-state index is -0.711. The van der Waals surface area contributed by atoms with E-state index < -0.39 is 6.04 Å². The fraction of sp³-hybridized carbons (Fsp3) is 0.286. The zero-order valence-corrected chi connectivity index (χ0v) is 17.3. The molecule has 9 heteroatoms. The molecule has 0 bridgehead atoms. The van der Waals surface area contributed by atoms with Gasteiger partial charge in [0.1, 0.15) is 18.1 Å². The highest BCUT2D eigenvalue weighted by atomic mass is 16.5. The fourth-order valence-electron chi connectivity index (χ4n) is 2.93. The van der Waals surface area contributed by atoms with Crippen molar-refractivity contribution in [1.82, 2.24) is 25.5 Å². The third kappa shape index (κ3) is 4.80. The summed E-state index contributed by atoms with van der Waals surface area (Å²) in [4.78, 5) is 25.5. The van der Waals surface area contributed by atoms with Crippen molar-refractivity contribution < 1.29 is 14.3 Å². The Morgan fingerprint density at radius 3 is 2.43 bits per heavy atom. The number of hydrogen-bond donors (Lipinski definition) is 2. The summed E-state index contributed by atoms with van der Waals surface area (Å²) in [5, 5.41) is 16.9. The third-order valence-corrected chi connectivity index (χ3v) is 4.66. The zero-order chi connectivity index (χ0) is 21.7. The highest BCUT2D eigenvalue weighted by Crippen LogP contribution is 2.19. The Bertz CT molecular complexity index is 1020. The van der Waals surface area contributed by atoms with Gasteiger partial charge in [0.05, 0.1) is 12.8 Å². The number of anilines is 1. The summed E-state index contributed by atoms with van der Waals surface area (Å²) >= 11 is 0. The number of rotatable bonds is 7. The lowest BCUT2D eigenvalue weighted by Gasteiger charge is -2.22. The Morgan fingerprint density at radius 2 is 1.83 bits per heavy atom. The first-order chi connectivity index (χ1) is 14.4. The minimum absolute atomic E-state index is 0.114. The lowest BCUT2D eigenvalue weighted by molar-refractivity contribution is -0.118. The van der Waals surface area contributed by atoms with Gasteiger partial charge >= 0.3 is 0 Å². The summed E-state index contributed by atoms with van der Waals surface area (Å²) in [7, 11) is 1.56. The van der Waals surface area contributed by atoms with E-state index in [0.29, 0.717) is 17.0 Å². The Kier molecular flexibility index (Phi) is 6.41. The molecule has 0 aliphatic carbocycles. The van der Waals surface area contributed by atoms with Gasteiger partial charge in [-0.05, 0) is 65.2 Å². The van der Waals surface area contributed by atoms with Crippen LogP contribution in [-0.4, -0.2) is 45.2 Å². The largest absolute Gasteiger partial charge is 0.497 e. The predicted octanol–water partition coefficient (Wildman–Crippen LogP) is 2.37. The molecule has 0 aliphatic rings. The molecule has 2 aromatic carbocycles. The predicted molar refractivity (Wildman–Crippen MR) is 112 cm³/mol.